The van der Waals surface area contributed by atoms with E-state index in [1.807, 2.05) is 30.3 Å². The predicted octanol–water partition coefficient (Wildman–Crippen LogP) is 0.947. The number of nitrogens with one attached hydrogen (secondary N) is 1. The first-order valence-corrected chi connectivity index (χ1v) is 10.9. The molecule has 0 saturated carbocycles. The molecule has 2 N–H and O–H groups in total. The van der Waals surface area contributed by atoms with Crippen molar-refractivity contribution in [3.8, 4) is 0 Å². The van der Waals surface area contributed by atoms with E-state index in [1.54, 1.807) is 23.8 Å². The number of ether oxygens (including phenoxy) is 1. The predicted molar refractivity (Wildman–Crippen MR) is 118 cm³/mol. The molecule has 3 heterocycles. The van der Waals surface area contributed by atoms with Gasteiger partial charge in [-0.1, -0.05) is 30.3 Å². The van der Waals surface area contributed by atoms with E-state index in [-0.39, 0.29) is 30.3 Å². The minimum atomic E-state index is -1.92. The second-order valence-electron chi connectivity index (χ2n) is 7.40. The number of aliphatic hydroxyl groups excluding tert-OH is 1. The first kappa shape index (κ1) is 21.8. The minimum absolute atomic E-state index is 0.107. The first-order chi connectivity index (χ1) is 15.5. The lowest BCUT2D eigenvalue weighted by Gasteiger charge is -2.29. The average Bonchev–Trinajstić information content (AvgIpc) is 3.30. The maximum Gasteiger partial charge on any atom is 0.270 e. The monoisotopic (exact) mass is 450 g/mol. The summed E-state index contributed by atoms with van der Waals surface area (Å²) in [6, 6.07) is 11.5. The largest absolute Gasteiger partial charge is 0.508 e. The van der Waals surface area contributed by atoms with Gasteiger partial charge < -0.3 is 15.2 Å². The van der Waals surface area contributed by atoms with Crippen molar-refractivity contribution in [3.05, 3.63) is 81.0 Å². The Labute approximate surface area is 188 Å². The topological polar surface area (TPSA) is 114 Å². The molecule has 1 aliphatic heterocycles. The van der Waals surface area contributed by atoms with Gasteiger partial charge in [-0.3, -0.25) is 14.6 Å². The highest BCUT2D eigenvalue weighted by molar-refractivity contribution is 7.09. The molecule has 1 atom stereocenters. The summed E-state index contributed by atoms with van der Waals surface area (Å²) in [6.45, 7) is 0.453. The molecule has 2 aromatic heterocycles. The van der Waals surface area contributed by atoms with Gasteiger partial charge >= 0.3 is 0 Å². The van der Waals surface area contributed by atoms with Crippen molar-refractivity contribution >= 4 is 28.9 Å². The molecule has 0 radical (unpaired) electrons. The third kappa shape index (κ3) is 4.17. The number of hydrogen-bond donors (Lipinski definition) is 2. The standard InChI is InChI=1S/C23H22N4O4S/c1-31-9-7-25-21(29)23(13-18-24-8-10-32-18)20(28)19-17(27-22(23)30)12-16(14-26-19)11-15-5-3-2-4-6-15/h2-6,8,10,12,14,28H,7,9,11,13H2,1H3,(H,25,29). The Morgan fingerprint density at radius 1 is 1.22 bits per heavy atom. The Balaban J connectivity index is 1.77. The number of rotatable bonds is 8. The zero-order valence-corrected chi connectivity index (χ0v) is 18.3. The summed E-state index contributed by atoms with van der Waals surface area (Å²) in [5, 5.41) is 16.5. The van der Waals surface area contributed by atoms with Crippen LogP contribution in [0.4, 0.5) is 0 Å². The summed E-state index contributed by atoms with van der Waals surface area (Å²) in [5.74, 6) is -1.81. The summed E-state index contributed by atoms with van der Waals surface area (Å²) >= 11 is 1.30. The number of carbonyl (C=O) groups is 2. The molecule has 3 aromatic rings. The number of benzene rings is 1. The molecule has 1 aromatic carbocycles. The van der Waals surface area contributed by atoms with Crippen molar-refractivity contribution < 1.29 is 19.4 Å². The smallest absolute Gasteiger partial charge is 0.270 e. The van der Waals surface area contributed by atoms with Crippen molar-refractivity contribution in [1.82, 2.24) is 15.3 Å². The molecule has 32 heavy (non-hydrogen) atoms. The maximum atomic E-state index is 13.3. The van der Waals surface area contributed by atoms with Gasteiger partial charge in [-0.2, -0.15) is 0 Å². The Morgan fingerprint density at radius 2 is 2.03 bits per heavy atom. The van der Waals surface area contributed by atoms with Crippen molar-refractivity contribution in [2.45, 2.75) is 12.8 Å². The molecular weight excluding hydrogens is 428 g/mol. The van der Waals surface area contributed by atoms with Crippen molar-refractivity contribution in [1.29, 1.82) is 0 Å². The minimum Gasteiger partial charge on any atom is -0.508 e. The normalized spacial score (nSPS) is 17.5. The number of thiazole rings is 1. The Hall–Kier alpha value is -3.43. The number of carbonyl (C=O) groups excluding carboxylic acids is 2. The fourth-order valence-electron chi connectivity index (χ4n) is 3.63. The van der Waals surface area contributed by atoms with E-state index in [4.69, 9.17) is 4.74 Å². The molecule has 4 rings (SSSR count). The highest BCUT2D eigenvalue weighted by atomic mass is 32.1. The zero-order valence-electron chi connectivity index (χ0n) is 17.4. The fourth-order valence-corrected chi connectivity index (χ4v) is 4.33. The van der Waals surface area contributed by atoms with Crippen molar-refractivity contribution in [3.63, 3.8) is 0 Å². The summed E-state index contributed by atoms with van der Waals surface area (Å²) in [4.78, 5) is 39.2. The third-order valence-electron chi connectivity index (χ3n) is 5.27. The van der Waals surface area contributed by atoms with E-state index in [9.17, 15) is 14.7 Å². The molecule has 0 fully saturated rings. The van der Waals surface area contributed by atoms with Crippen LogP contribution in [-0.2, 0) is 27.2 Å². The maximum absolute atomic E-state index is 13.3. The molecule has 1 aliphatic rings. The van der Waals surface area contributed by atoms with Crippen LogP contribution in [0, 0.1) is 5.41 Å². The zero-order chi connectivity index (χ0) is 22.6. The van der Waals surface area contributed by atoms with E-state index in [2.05, 4.69) is 20.3 Å². The van der Waals surface area contributed by atoms with Crippen LogP contribution < -0.4 is 16.0 Å². The molecule has 0 spiro atoms. The molecule has 0 bridgehead atoms. The quantitative estimate of drug-likeness (QED) is 0.390. The molecule has 0 aliphatic carbocycles. The second kappa shape index (κ2) is 9.37. The Kier molecular flexibility index (Phi) is 6.38. The summed E-state index contributed by atoms with van der Waals surface area (Å²) in [5.41, 5.74) is 0.00324. The number of fused-ring (bicyclic) bond motifs is 1. The van der Waals surface area contributed by atoms with Gasteiger partial charge in [0.2, 0.25) is 5.91 Å². The van der Waals surface area contributed by atoms with E-state index in [0.29, 0.717) is 11.4 Å². The van der Waals surface area contributed by atoms with Crippen LogP contribution in [0.2, 0.25) is 0 Å². The lowest BCUT2D eigenvalue weighted by Crippen LogP contribution is -2.55. The summed E-state index contributed by atoms with van der Waals surface area (Å²) < 4.78 is 4.98. The Morgan fingerprint density at radius 3 is 2.75 bits per heavy atom. The van der Waals surface area contributed by atoms with Crippen LogP contribution in [0.25, 0.3) is 5.76 Å². The summed E-state index contributed by atoms with van der Waals surface area (Å²) in [7, 11) is 1.51. The lowest BCUT2D eigenvalue weighted by molar-refractivity contribution is -0.139. The van der Waals surface area contributed by atoms with E-state index < -0.39 is 23.0 Å². The van der Waals surface area contributed by atoms with E-state index in [0.717, 1.165) is 11.1 Å². The average molecular weight is 451 g/mol. The number of amides is 2. The van der Waals surface area contributed by atoms with Crippen molar-refractivity contribution in [2.24, 2.45) is 10.4 Å². The highest BCUT2D eigenvalue weighted by Crippen LogP contribution is 2.34. The Bertz CT molecular complexity index is 1240. The molecule has 9 heteroatoms. The molecule has 164 valence electrons. The third-order valence-corrected chi connectivity index (χ3v) is 6.05. The number of methoxy groups -OCH3 is 1. The SMILES string of the molecule is COCCNC(=O)C1(Cc2nccs2)C(=O)N=c2cc(Cc3ccccc3)cnc2=C1O. The van der Waals surface area contributed by atoms with Gasteiger partial charge in [0.25, 0.3) is 5.91 Å². The van der Waals surface area contributed by atoms with Gasteiger partial charge in [0.15, 0.2) is 5.41 Å². The number of aliphatic hydroxyl groups is 1. The van der Waals surface area contributed by atoms with Gasteiger partial charge in [-0.15, -0.1) is 11.3 Å². The van der Waals surface area contributed by atoms with Gasteiger partial charge in [0.05, 0.1) is 17.0 Å². The molecule has 0 saturated heterocycles. The van der Waals surface area contributed by atoms with Crippen LogP contribution in [0.15, 0.2) is 59.2 Å². The number of aromatic nitrogens is 2. The highest BCUT2D eigenvalue weighted by Gasteiger charge is 2.52. The second-order valence-corrected chi connectivity index (χ2v) is 8.38. The van der Waals surface area contributed by atoms with Gasteiger partial charge in [-0.25, -0.2) is 9.98 Å². The van der Waals surface area contributed by atoms with Crippen LogP contribution in [0.1, 0.15) is 16.1 Å². The van der Waals surface area contributed by atoms with Crippen LogP contribution >= 0.6 is 11.3 Å². The molecule has 8 nitrogen and oxygen atoms in total. The number of nitrogens with zero attached hydrogens (tertiary/aromatic N) is 3. The van der Waals surface area contributed by atoms with E-state index in [1.165, 1.54) is 18.4 Å². The molecule has 1 unspecified atom stereocenters. The number of pyridine rings is 1. The van der Waals surface area contributed by atoms with Crippen LogP contribution in [0.5, 0.6) is 0 Å². The van der Waals surface area contributed by atoms with Crippen LogP contribution in [0.3, 0.4) is 0 Å². The molecular formula is C23H22N4O4S. The molecule has 2 amide bonds. The summed E-state index contributed by atoms with van der Waals surface area (Å²) in [6.07, 6.45) is 3.71. The van der Waals surface area contributed by atoms with Gasteiger partial charge in [0, 0.05) is 37.8 Å². The lowest BCUT2D eigenvalue weighted by atomic mass is 9.78. The van der Waals surface area contributed by atoms with Gasteiger partial charge in [-0.05, 0) is 23.6 Å². The van der Waals surface area contributed by atoms with Gasteiger partial charge in [0.1, 0.15) is 11.1 Å². The van der Waals surface area contributed by atoms with Crippen molar-refractivity contribution in [2.75, 3.05) is 20.3 Å². The van der Waals surface area contributed by atoms with Crippen LogP contribution in [-0.4, -0.2) is 47.2 Å². The first-order valence-electron chi connectivity index (χ1n) is 10.1. The number of hydrogen-bond acceptors (Lipinski definition) is 7. The fraction of sp³-hybridized carbons (Fsp3) is 0.261. The van der Waals surface area contributed by atoms with E-state index >= 15 is 0 Å².